The van der Waals surface area contributed by atoms with Crippen LogP contribution < -0.4 is 4.90 Å². The van der Waals surface area contributed by atoms with Crippen LogP contribution in [0.5, 0.6) is 0 Å². The van der Waals surface area contributed by atoms with E-state index in [1.807, 2.05) is 12.1 Å². The fourth-order valence-electron chi connectivity index (χ4n) is 5.96. The summed E-state index contributed by atoms with van der Waals surface area (Å²) < 4.78 is 39.4. The molecule has 7 rings (SSSR count). The van der Waals surface area contributed by atoms with Crippen LogP contribution in [0.15, 0.2) is 109 Å². The second kappa shape index (κ2) is 7.72. The molecule has 4 aromatic carbocycles. The zero-order chi connectivity index (χ0) is 24.4. The maximum atomic E-state index is 13.1. The van der Waals surface area contributed by atoms with Crippen LogP contribution >= 0.6 is 0 Å². The standard InChI is InChI=1S/C32H22F3N/c33-32(34,35)24-12-14-25(15-13-24)36-30-8-4-3-7-27(30)29-19-21(11-16-31(29)36)20-9-10-23-17-22-5-1-2-6-26(22)28(23)18-20/h1-16,18-19,29,31H,17H2. The fourth-order valence-corrected chi connectivity index (χ4v) is 5.96. The fraction of sp³-hybridized carbons (Fsp3) is 0.125. The number of hydrogen-bond acceptors (Lipinski definition) is 1. The van der Waals surface area contributed by atoms with Crippen molar-refractivity contribution in [3.8, 4) is 11.1 Å². The van der Waals surface area contributed by atoms with E-state index in [1.54, 1.807) is 12.1 Å². The number of fused-ring (bicyclic) bond motifs is 6. The number of para-hydroxylation sites is 1. The SMILES string of the molecule is FC(F)(F)c1ccc(N2c3ccccc3C3C=C(c4ccc5c(c4)-c4ccccc4C5)C=CC32)cc1. The molecule has 2 atom stereocenters. The number of nitrogens with zero attached hydrogens (tertiary/aromatic N) is 1. The van der Waals surface area contributed by atoms with Crippen molar-refractivity contribution in [1.29, 1.82) is 0 Å². The number of halogens is 3. The highest BCUT2D eigenvalue weighted by atomic mass is 19.4. The number of allylic oxidation sites excluding steroid dienone is 2. The van der Waals surface area contributed by atoms with Gasteiger partial charge >= 0.3 is 6.18 Å². The first-order valence-corrected chi connectivity index (χ1v) is 12.1. The van der Waals surface area contributed by atoms with Crippen LogP contribution in [-0.4, -0.2) is 6.04 Å². The number of benzene rings is 4. The van der Waals surface area contributed by atoms with Gasteiger partial charge < -0.3 is 4.90 Å². The normalized spacial score (nSPS) is 19.4. The quantitative estimate of drug-likeness (QED) is 0.246. The monoisotopic (exact) mass is 477 g/mol. The first kappa shape index (κ1) is 21.3. The maximum Gasteiger partial charge on any atom is 0.416 e. The van der Waals surface area contributed by atoms with E-state index in [0.717, 1.165) is 17.8 Å². The Morgan fingerprint density at radius 2 is 1.50 bits per heavy atom. The van der Waals surface area contributed by atoms with Crippen molar-refractivity contribution in [2.24, 2.45) is 0 Å². The van der Waals surface area contributed by atoms with Crippen LogP contribution in [0.25, 0.3) is 16.7 Å². The molecule has 0 radical (unpaired) electrons. The topological polar surface area (TPSA) is 3.24 Å². The lowest BCUT2D eigenvalue weighted by Crippen LogP contribution is -2.29. The Labute approximate surface area is 207 Å². The molecule has 0 spiro atoms. The molecular formula is C32H22F3N. The summed E-state index contributed by atoms with van der Waals surface area (Å²) in [5.74, 6) is 0.115. The van der Waals surface area contributed by atoms with Gasteiger partial charge in [0.2, 0.25) is 0 Å². The summed E-state index contributed by atoms with van der Waals surface area (Å²) in [5, 5.41) is 0. The molecule has 4 aromatic rings. The average molecular weight is 478 g/mol. The van der Waals surface area contributed by atoms with Crippen LogP contribution in [0.3, 0.4) is 0 Å². The molecule has 0 amide bonds. The van der Waals surface area contributed by atoms with Crippen LogP contribution in [-0.2, 0) is 12.6 Å². The molecule has 4 heteroatoms. The highest BCUT2D eigenvalue weighted by molar-refractivity contribution is 5.86. The van der Waals surface area contributed by atoms with E-state index in [2.05, 4.69) is 77.7 Å². The van der Waals surface area contributed by atoms with E-state index < -0.39 is 11.7 Å². The lowest BCUT2D eigenvalue weighted by molar-refractivity contribution is -0.137. The molecule has 2 unspecified atom stereocenters. The molecule has 1 heterocycles. The number of alkyl halides is 3. The predicted octanol–water partition coefficient (Wildman–Crippen LogP) is 8.53. The van der Waals surface area contributed by atoms with Gasteiger partial charge in [0.15, 0.2) is 0 Å². The summed E-state index contributed by atoms with van der Waals surface area (Å²) in [6.07, 6.45) is 3.30. The molecule has 0 bridgehead atoms. The van der Waals surface area contributed by atoms with Gasteiger partial charge in [-0.1, -0.05) is 72.8 Å². The highest BCUT2D eigenvalue weighted by Gasteiger charge is 2.38. The van der Waals surface area contributed by atoms with E-state index in [9.17, 15) is 13.2 Å². The smallest absolute Gasteiger partial charge is 0.333 e. The lowest BCUT2D eigenvalue weighted by Gasteiger charge is -2.30. The number of anilines is 2. The zero-order valence-corrected chi connectivity index (χ0v) is 19.3. The van der Waals surface area contributed by atoms with Crippen molar-refractivity contribution in [1.82, 2.24) is 0 Å². The van der Waals surface area contributed by atoms with Gasteiger partial charge in [0.05, 0.1) is 11.6 Å². The molecule has 0 saturated carbocycles. The molecular weight excluding hydrogens is 455 g/mol. The summed E-state index contributed by atoms with van der Waals surface area (Å²) >= 11 is 0. The molecule has 1 aliphatic heterocycles. The number of hydrogen-bond donors (Lipinski definition) is 0. The van der Waals surface area contributed by atoms with Gasteiger partial charge in [0.25, 0.3) is 0 Å². The van der Waals surface area contributed by atoms with Crippen LogP contribution in [0.4, 0.5) is 24.5 Å². The minimum atomic E-state index is -4.34. The Kier molecular flexibility index (Phi) is 4.56. The Hall–Kier alpha value is -4.05. The van der Waals surface area contributed by atoms with Gasteiger partial charge in [0.1, 0.15) is 0 Å². The van der Waals surface area contributed by atoms with Gasteiger partial charge in [-0.3, -0.25) is 0 Å². The third kappa shape index (κ3) is 3.25. The zero-order valence-electron chi connectivity index (χ0n) is 19.3. The predicted molar refractivity (Wildman–Crippen MR) is 138 cm³/mol. The first-order chi connectivity index (χ1) is 17.5. The van der Waals surface area contributed by atoms with Crippen molar-refractivity contribution in [2.75, 3.05) is 4.90 Å². The van der Waals surface area contributed by atoms with E-state index in [4.69, 9.17) is 0 Å². The minimum Gasteiger partial charge on any atom is -0.333 e. The average Bonchev–Trinajstić information content (AvgIpc) is 3.43. The molecule has 1 nitrogen and oxygen atoms in total. The van der Waals surface area contributed by atoms with Crippen molar-refractivity contribution in [3.63, 3.8) is 0 Å². The summed E-state index contributed by atoms with van der Waals surface area (Å²) in [6, 6.07) is 29.0. The molecule has 176 valence electrons. The second-order valence-corrected chi connectivity index (χ2v) is 9.68. The molecule has 2 aliphatic carbocycles. The van der Waals surface area contributed by atoms with Gasteiger partial charge in [-0.2, -0.15) is 13.2 Å². The Balaban J connectivity index is 1.27. The molecule has 3 aliphatic rings. The summed E-state index contributed by atoms with van der Waals surface area (Å²) in [4.78, 5) is 2.16. The van der Waals surface area contributed by atoms with Crippen molar-refractivity contribution in [3.05, 3.63) is 137 Å². The lowest BCUT2D eigenvalue weighted by atomic mass is 9.85. The van der Waals surface area contributed by atoms with Gasteiger partial charge in [-0.15, -0.1) is 0 Å². The van der Waals surface area contributed by atoms with E-state index in [-0.39, 0.29) is 12.0 Å². The second-order valence-electron chi connectivity index (χ2n) is 9.68. The largest absolute Gasteiger partial charge is 0.416 e. The van der Waals surface area contributed by atoms with E-state index >= 15 is 0 Å². The van der Waals surface area contributed by atoms with Crippen LogP contribution in [0, 0.1) is 0 Å². The third-order valence-electron chi connectivity index (χ3n) is 7.66. The van der Waals surface area contributed by atoms with E-state index in [0.29, 0.717) is 0 Å². The first-order valence-electron chi connectivity index (χ1n) is 12.1. The Morgan fingerprint density at radius 1 is 0.750 bits per heavy atom. The molecule has 36 heavy (non-hydrogen) atoms. The third-order valence-corrected chi connectivity index (χ3v) is 7.66. The van der Waals surface area contributed by atoms with Gasteiger partial charge in [-0.05, 0) is 81.8 Å². The van der Waals surface area contributed by atoms with E-state index in [1.165, 1.54) is 51.1 Å². The molecule has 0 saturated heterocycles. The summed E-state index contributed by atoms with van der Waals surface area (Å²) in [5.41, 5.74) is 10.1. The maximum absolute atomic E-state index is 13.1. The highest BCUT2D eigenvalue weighted by Crippen LogP contribution is 2.49. The van der Waals surface area contributed by atoms with Gasteiger partial charge in [0, 0.05) is 17.3 Å². The minimum absolute atomic E-state index is 0.0121. The van der Waals surface area contributed by atoms with Gasteiger partial charge in [-0.25, -0.2) is 0 Å². The Bertz CT molecular complexity index is 1560. The summed E-state index contributed by atoms with van der Waals surface area (Å²) in [6.45, 7) is 0. The molecule has 0 fully saturated rings. The molecule has 0 N–H and O–H groups in total. The van der Waals surface area contributed by atoms with Crippen molar-refractivity contribution < 1.29 is 13.2 Å². The molecule has 0 aromatic heterocycles. The van der Waals surface area contributed by atoms with Crippen LogP contribution in [0.2, 0.25) is 0 Å². The number of rotatable bonds is 2. The van der Waals surface area contributed by atoms with Crippen molar-refractivity contribution in [2.45, 2.75) is 24.6 Å². The van der Waals surface area contributed by atoms with Crippen LogP contribution in [0.1, 0.15) is 33.7 Å². The summed E-state index contributed by atoms with van der Waals surface area (Å²) in [7, 11) is 0. The van der Waals surface area contributed by atoms with Crippen molar-refractivity contribution >= 4 is 16.9 Å². The Morgan fingerprint density at radius 3 is 2.33 bits per heavy atom.